The highest BCUT2D eigenvalue weighted by Crippen LogP contribution is 2.25. The molecule has 0 aliphatic rings. The van der Waals surface area contributed by atoms with Crippen molar-refractivity contribution in [2.24, 2.45) is 0 Å². The predicted octanol–water partition coefficient (Wildman–Crippen LogP) is 5.98. The Kier molecular flexibility index (Phi) is 7.18. The van der Waals surface area contributed by atoms with Crippen LogP contribution in [0.2, 0.25) is 0 Å². The highest BCUT2D eigenvalue weighted by Gasteiger charge is 2.12. The van der Waals surface area contributed by atoms with Crippen LogP contribution in [0.1, 0.15) is 48.9 Å². The average Bonchev–Trinajstić information content (AvgIpc) is 2.62. The van der Waals surface area contributed by atoms with Crippen LogP contribution in [0.3, 0.4) is 0 Å². The molecule has 0 heterocycles. The van der Waals surface area contributed by atoms with E-state index in [1.165, 1.54) is 0 Å². The summed E-state index contributed by atoms with van der Waals surface area (Å²) in [5, 5.41) is 10.2. The number of rotatable bonds is 5. The van der Waals surface area contributed by atoms with Crippen molar-refractivity contribution in [2.45, 2.75) is 44.4 Å². The summed E-state index contributed by atoms with van der Waals surface area (Å²) in [4.78, 5) is -0.349. The molecule has 0 aliphatic heterocycles. The summed E-state index contributed by atoms with van der Waals surface area (Å²) in [7, 11) is 0. The Labute approximate surface area is 156 Å². The normalized spacial score (nSPS) is 10.2. The van der Waals surface area contributed by atoms with Gasteiger partial charge in [-0.15, -0.1) is 0 Å². The van der Waals surface area contributed by atoms with E-state index in [1.807, 2.05) is 6.92 Å². The molecule has 5 heteroatoms. The number of nitrogens with zero attached hydrogens (tertiary/aromatic N) is 1. The SMILES string of the molecule is CCCCc1ccc(C#Cc2cc(F)c(SC#N)c(F)c2)c(CC)c1F. The van der Waals surface area contributed by atoms with Crippen LogP contribution in [0.4, 0.5) is 13.2 Å². The van der Waals surface area contributed by atoms with Crippen LogP contribution >= 0.6 is 11.8 Å². The number of hydrogen-bond acceptors (Lipinski definition) is 2. The van der Waals surface area contributed by atoms with E-state index in [0.717, 1.165) is 25.0 Å². The lowest BCUT2D eigenvalue weighted by molar-refractivity contribution is 0.540. The summed E-state index contributed by atoms with van der Waals surface area (Å²) in [6, 6.07) is 5.63. The molecule has 0 saturated carbocycles. The van der Waals surface area contributed by atoms with Crippen LogP contribution in [0, 0.1) is 40.0 Å². The van der Waals surface area contributed by atoms with Gasteiger partial charge >= 0.3 is 0 Å². The smallest absolute Gasteiger partial charge is 0.142 e. The van der Waals surface area contributed by atoms with E-state index >= 15 is 0 Å². The fourth-order valence-electron chi connectivity index (χ4n) is 2.61. The maximum Gasteiger partial charge on any atom is 0.142 e. The molecular formula is C21H18F3NS. The molecule has 2 aromatic carbocycles. The van der Waals surface area contributed by atoms with Crippen molar-refractivity contribution in [3.05, 3.63) is 64.0 Å². The molecule has 0 fully saturated rings. The minimum absolute atomic E-state index is 0.139. The number of unbranched alkanes of at least 4 members (excludes halogenated alkanes) is 1. The number of halogens is 3. The van der Waals surface area contributed by atoms with Crippen molar-refractivity contribution in [2.75, 3.05) is 0 Å². The molecule has 0 bridgehead atoms. The third-order valence-corrected chi connectivity index (χ3v) is 4.65. The Morgan fingerprint density at radius 2 is 1.73 bits per heavy atom. The number of thiocyanates is 1. The number of thioether (sulfide) groups is 1. The van der Waals surface area contributed by atoms with Gasteiger partial charge in [-0.2, -0.15) is 5.26 Å². The number of nitriles is 1. The summed E-state index contributed by atoms with van der Waals surface area (Å²) in [6.07, 6.45) is 3.06. The molecule has 0 aromatic heterocycles. The highest BCUT2D eigenvalue weighted by molar-refractivity contribution is 8.03. The van der Waals surface area contributed by atoms with Gasteiger partial charge in [0.15, 0.2) is 0 Å². The zero-order valence-corrected chi connectivity index (χ0v) is 15.4. The molecular weight excluding hydrogens is 355 g/mol. The second-order valence-electron chi connectivity index (χ2n) is 5.73. The standard InChI is InChI=1S/C21H18F3NS/c1-3-5-6-16-10-9-15(17(4-2)20(16)24)8-7-14-11-18(22)21(26-13-25)19(23)12-14/h9-12H,3-6H2,1-2H3. The molecule has 0 spiro atoms. The molecule has 1 nitrogen and oxygen atoms in total. The quantitative estimate of drug-likeness (QED) is 0.366. The second kappa shape index (κ2) is 9.36. The summed E-state index contributed by atoms with van der Waals surface area (Å²) in [6.45, 7) is 3.90. The van der Waals surface area contributed by atoms with Gasteiger partial charge in [-0.25, -0.2) is 13.2 Å². The van der Waals surface area contributed by atoms with Gasteiger partial charge in [0.25, 0.3) is 0 Å². The van der Waals surface area contributed by atoms with Crippen LogP contribution in [0.15, 0.2) is 29.2 Å². The fourth-order valence-corrected chi connectivity index (χ4v) is 3.01. The zero-order chi connectivity index (χ0) is 19.1. The third kappa shape index (κ3) is 4.62. The minimum atomic E-state index is -0.836. The van der Waals surface area contributed by atoms with E-state index in [9.17, 15) is 13.2 Å². The summed E-state index contributed by atoms with van der Waals surface area (Å²) < 4.78 is 42.4. The van der Waals surface area contributed by atoms with E-state index in [-0.39, 0.29) is 16.3 Å². The molecule has 2 aromatic rings. The molecule has 0 N–H and O–H groups in total. The number of benzene rings is 2. The summed E-state index contributed by atoms with van der Waals surface area (Å²) >= 11 is 0.426. The van der Waals surface area contributed by atoms with Crippen LogP contribution in [-0.4, -0.2) is 0 Å². The van der Waals surface area contributed by atoms with E-state index in [1.54, 1.807) is 17.5 Å². The van der Waals surface area contributed by atoms with Gasteiger partial charge in [0.2, 0.25) is 0 Å². The molecule has 0 aliphatic carbocycles. The molecule has 0 unspecified atom stereocenters. The first-order chi connectivity index (χ1) is 12.5. The molecule has 0 amide bonds. The van der Waals surface area contributed by atoms with Crippen molar-refractivity contribution in [1.29, 1.82) is 5.26 Å². The topological polar surface area (TPSA) is 23.8 Å². The van der Waals surface area contributed by atoms with Crippen molar-refractivity contribution < 1.29 is 13.2 Å². The Morgan fingerprint density at radius 1 is 1.04 bits per heavy atom. The Bertz CT molecular complexity index is 881. The number of aryl methyl sites for hydroxylation is 1. The Balaban J connectivity index is 2.38. The average molecular weight is 373 g/mol. The molecule has 0 atom stereocenters. The monoisotopic (exact) mass is 373 g/mol. The Morgan fingerprint density at radius 3 is 2.31 bits per heavy atom. The lowest BCUT2D eigenvalue weighted by atomic mass is 9.98. The van der Waals surface area contributed by atoms with Crippen molar-refractivity contribution >= 4 is 11.8 Å². The van der Waals surface area contributed by atoms with Gasteiger partial charge in [0.05, 0.1) is 4.90 Å². The van der Waals surface area contributed by atoms with E-state index in [0.29, 0.717) is 41.3 Å². The van der Waals surface area contributed by atoms with Gasteiger partial charge in [-0.3, -0.25) is 0 Å². The largest absolute Gasteiger partial charge is 0.206 e. The van der Waals surface area contributed by atoms with Crippen LogP contribution in [0.5, 0.6) is 0 Å². The van der Waals surface area contributed by atoms with E-state index < -0.39 is 11.6 Å². The van der Waals surface area contributed by atoms with Gasteiger partial charge in [-0.05, 0) is 54.8 Å². The lowest BCUT2D eigenvalue weighted by Crippen LogP contribution is -2.00. The van der Waals surface area contributed by atoms with E-state index in [2.05, 4.69) is 18.8 Å². The van der Waals surface area contributed by atoms with Gasteiger partial charge in [0, 0.05) is 16.7 Å². The minimum Gasteiger partial charge on any atom is -0.206 e. The number of hydrogen-bond donors (Lipinski definition) is 0. The molecule has 0 saturated heterocycles. The first-order valence-corrected chi connectivity index (χ1v) is 9.20. The predicted molar refractivity (Wildman–Crippen MR) is 98.2 cm³/mol. The highest BCUT2D eigenvalue weighted by atomic mass is 32.2. The first kappa shape index (κ1) is 19.9. The summed E-state index contributed by atoms with van der Waals surface area (Å²) in [5.74, 6) is 3.59. The van der Waals surface area contributed by atoms with Crippen molar-refractivity contribution in [1.82, 2.24) is 0 Å². The summed E-state index contributed by atoms with van der Waals surface area (Å²) in [5.41, 5.74) is 1.84. The first-order valence-electron chi connectivity index (χ1n) is 8.39. The Hall–Kier alpha value is -2.37. The molecule has 26 heavy (non-hydrogen) atoms. The van der Waals surface area contributed by atoms with Gasteiger partial charge < -0.3 is 0 Å². The fraction of sp³-hybridized carbons (Fsp3) is 0.286. The second-order valence-corrected chi connectivity index (χ2v) is 6.53. The van der Waals surface area contributed by atoms with Crippen molar-refractivity contribution in [3.63, 3.8) is 0 Å². The van der Waals surface area contributed by atoms with Crippen LogP contribution in [-0.2, 0) is 12.8 Å². The third-order valence-electron chi connectivity index (χ3n) is 3.96. The lowest BCUT2D eigenvalue weighted by Gasteiger charge is -2.09. The maximum absolute atomic E-state index is 14.6. The molecule has 0 radical (unpaired) electrons. The van der Waals surface area contributed by atoms with Crippen LogP contribution in [0.25, 0.3) is 0 Å². The van der Waals surface area contributed by atoms with Gasteiger partial charge in [-0.1, -0.05) is 38.2 Å². The molecule has 2 rings (SSSR count). The van der Waals surface area contributed by atoms with Gasteiger partial charge in [0.1, 0.15) is 22.9 Å². The van der Waals surface area contributed by atoms with Crippen LogP contribution < -0.4 is 0 Å². The molecule has 134 valence electrons. The van der Waals surface area contributed by atoms with Crippen molar-refractivity contribution in [3.8, 4) is 17.2 Å². The zero-order valence-electron chi connectivity index (χ0n) is 14.6. The maximum atomic E-state index is 14.6. The van der Waals surface area contributed by atoms with E-state index in [4.69, 9.17) is 5.26 Å².